The molecule has 1 aromatic rings. The van der Waals surface area contributed by atoms with E-state index in [1.165, 1.54) is 11.3 Å². The Labute approximate surface area is 123 Å². The van der Waals surface area contributed by atoms with E-state index < -0.39 is 0 Å². The summed E-state index contributed by atoms with van der Waals surface area (Å²) in [6.45, 7) is 11.3. The molecule has 2 N–H and O–H groups in total. The van der Waals surface area contributed by atoms with Crippen LogP contribution in [0.2, 0.25) is 0 Å². The second-order valence-corrected chi connectivity index (χ2v) is 7.05. The van der Waals surface area contributed by atoms with E-state index in [4.69, 9.17) is 0 Å². The zero-order valence-electron chi connectivity index (χ0n) is 13.2. The summed E-state index contributed by atoms with van der Waals surface area (Å²) in [5.74, 6) is 0.418. The zero-order chi connectivity index (χ0) is 14.8. The highest BCUT2D eigenvalue weighted by molar-refractivity contribution is 5.48. The van der Waals surface area contributed by atoms with E-state index >= 15 is 0 Å². The summed E-state index contributed by atoms with van der Waals surface area (Å²) in [7, 11) is 0. The highest BCUT2D eigenvalue weighted by Gasteiger charge is 2.24. The van der Waals surface area contributed by atoms with Crippen molar-refractivity contribution >= 4 is 5.69 Å². The van der Waals surface area contributed by atoms with Crippen molar-refractivity contribution in [1.82, 2.24) is 5.32 Å². The average Bonchev–Trinajstić information content (AvgIpc) is 2.39. The predicted octanol–water partition coefficient (Wildman–Crippen LogP) is 2.78. The molecule has 0 bridgehead atoms. The van der Waals surface area contributed by atoms with Gasteiger partial charge in [-0.2, -0.15) is 0 Å². The number of aliphatic hydroxyl groups excluding tert-OH is 1. The molecule has 1 aromatic carbocycles. The van der Waals surface area contributed by atoms with Crippen molar-refractivity contribution in [2.24, 2.45) is 5.92 Å². The molecule has 1 heterocycles. The van der Waals surface area contributed by atoms with Crippen LogP contribution in [0.25, 0.3) is 0 Å². The maximum atomic E-state index is 9.99. The Kier molecular flexibility index (Phi) is 4.71. The largest absolute Gasteiger partial charge is 0.391 e. The van der Waals surface area contributed by atoms with Gasteiger partial charge in [-0.15, -0.1) is 0 Å². The molecule has 0 spiro atoms. The molecule has 3 heteroatoms. The number of hydrogen-bond donors (Lipinski definition) is 2. The minimum atomic E-state index is -0.203. The van der Waals surface area contributed by atoms with Gasteiger partial charge in [0.05, 0.1) is 6.10 Å². The van der Waals surface area contributed by atoms with Crippen LogP contribution in [0, 0.1) is 5.92 Å². The summed E-state index contributed by atoms with van der Waals surface area (Å²) in [6, 6.07) is 8.70. The van der Waals surface area contributed by atoms with Crippen molar-refractivity contribution in [3.8, 4) is 0 Å². The molecule has 2 atom stereocenters. The molecule has 1 fully saturated rings. The maximum absolute atomic E-state index is 9.99. The molecule has 0 amide bonds. The number of nitrogens with one attached hydrogen (secondary N) is 1. The Bertz CT molecular complexity index is 422. The van der Waals surface area contributed by atoms with Gasteiger partial charge >= 0.3 is 0 Å². The topological polar surface area (TPSA) is 35.5 Å². The van der Waals surface area contributed by atoms with Crippen LogP contribution < -0.4 is 10.2 Å². The molecule has 112 valence electrons. The summed E-state index contributed by atoms with van der Waals surface area (Å²) in [5, 5.41) is 13.5. The van der Waals surface area contributed by atoms with Gasteiger partial charge < -0.3 is 15.3 Å². The normalized spacial score (nSPS) is 23.9. The SMILES string of the molecule is CC1CCN(c2ccc(CNC(C)(C)C)cc2)CC1O. The highest BCUT2D eigenvalue weighted by atomic mass is 16.3. The highest BCUT2D eigenvalue weighted by Crippen LogP contribution is 2.23. The fourth-order valence-electron chi connectivity index (χ4n) is 2.48. The van der Waals surface area contributed by atoms with Crippen molar-refractivity contribution in [2.45, 2.75) is 52.3 Å². The standard InChI is InChI=1S/C17H28N2O/c1-13-9-10-19(12-16(13)20)15-7-5-14(6-8-15)11-18-17(2,3)4/h5-8,13,16,18,20H,9-12H2,1-4H3. The molecule has 2 unspecified atom stereocenters. The van der Waals surface area contributed by atoms with Crippen molar-refractivity contribution in [3.05, 3.63) is 29.8 Å². The second kappa shape index (κ2) is 6.15. The monoisotopic (exact) mass is 276 g/mol. The lowest BCUT2D eigenvalue weighted by atomic mass is 9.95. The van der Waals surface area contributed by atoms with Crippen LogP contribution in [0.15, 0.2) is 24.3 Å². The van der Waals surface area contributed by atoms with Gasteiger partial charge in [0.1, 0.15) is 0 Å². The van der Waals surface area contributed by atoms with Crippen LogP contribution in [-0.4, -0.2) is 29.8 Å². The van der Waals surface area contributed by atoms with Gasteiger partial charge in [-0.05, 0) is 50.8 Å². The summed E-state index contributed by atoms with van der Waals surface area (Å²) in [4.78, 5) is 2.28. The third-order valence-corrected chi connectivity index (χ3v) is 4.04. The lowest BCUT2D eigenvalue weighted by Crippen LogP contribution is -2.42. The van der Waals surface area contributed by atoms with E-state index in [-0.39, 0.29) is 11.6 Å². The van der Waals surface area contributed by atoms with Crippen LogP contribution in [-0.2, 0) is 6.54 Å². The number of β-amino-alcohol motifs (C(OH)–C–C–N with tert-alkyl or cyclic N) is 1. The van der Waals surface area contributed by atoms with Gasteiger partial charge in [-0.25, -0.2) is 0 Å². The molecular weight excluding hydrogens is 248 g/mol. The summed E-state index contributed by atoms with van der Waals surface area (Å²) in [5.41, 5.74) is 2.66. The molecule has 2 rings (SSSR count). The fourth-order valence-corrected chi connectivity index (χ4v) is 2.48. The van der Waals surface area contributed by atoms with E-state index in [2.05, 4.69) is 62.2 Å². The molecule has 0 radical (unpaired) electrons. The van der Waals surface area contributed by atoms with Crippen LogP contribution in [0.5, 0.6) is 0 Å². The van der Waals surface area contributed by atoms with Gasteiger partial charge in [0, 0.05) is 30.9 Å². The molecule has 1 saturated heterocycles. The van der Waals surface area contributed by atoms with Crippen LogP contribution >= 0.6 is 0 Å². The third-order valence-electron chi connectivity index (χ3n) is 4.04. The van der Waals surface area contributed by atoms with E-state index in [9.17, 15) is 5.11 Å². The Morgan fingerprint density at radius 2 is 1.90 bits per heavy atom. The van der Waals surface area contributed by atoms with Gasteiger partial charge in [0.25, 0.3) is 0 Å². The summed E-state index contributed by atoms with van der Waals surface area (Å²) < 4.78 is 0. The van der Waals surface area contributed by atoms with E-state index in [0.29, 0.717) is 5.92 Å². The van der Waals surface area contributed by atoms with Crippen molar-refractivity contribution < 1.29 is 5.11 Å². The van der Waals surface area contributed by atoms with Gasteiger partial charge in [0.15, 0.2) is 0 Å². The van der Waals surface area contributed by atoms with E-state index in [0.717, 1.165) is 26.1 Å². The van der Waals surface area contributed by atoms with E-state index in [1.54, 1.807) is 0 Å². The molecular formula is C17H28N2O. The first-order chi connectivity index (χ1) is 9.35. The Morgan fingerprint density at radius 3 is 2.45 bits per heavy atom. The smallest absolute Gasteiger partial charge is 0.0741 e. The molecule has 1 aliphatic heterocycles. The predicted molar refractivity (Wildman–Crippen MR) is 85.0 cm³/mol. The number of aliphatic hydroxyl groups is 1. The molecule has 20 heavy (non-hydrogen) atoms. The van der Waals surface area contributed by atoms with Crippen molar-refractivity contribution in [3.63, 3.8) is 0 Å². The van der Waals surface area contributed by atoms with Gasteiger partial charge in [-0.1, -0.05) is 19.1 Å². The zero-order valence-corrected chi connectivity index (χ0v) is 13.2. The van der Waals surface area contributed by atoms with Gasteiger partial charge in [0.2, 0.25) is 0 Å². The summed E-state index contributed by atoms with van der Waals surface area (Å²) >= 11 is 0. The summed E-state index contributed by atoms with van der Waals surface area (Å²) in [6.07, 6.45) is 0.861. The maximum Gasteiger partial charge on any atom is 0.0741 e. The number of nitrogens with zero attached hydrogens (tertiary/aromatic N) is 1. The van der Waals surface area contributed by atoms with Crippen LogP contribution in [0.4, 0.5) is 5.69 Å². The lowest BCUT2D eigenvalue weighted by Gasteiger charge is -2.35. The first kappa shape index (κ1) is 15.3. The number of benzene rings is 1. The third kappa shape index (κ3) is 4.22. The molecule has 0 saturated carbocycles. The van der Waals surface area contributed by atoms with Crippen molar-refractivity contribution in [2.75, 3.05) is 18.0 Å². The first-order valence-corrected chi connectivity index (χ1v) is 7.62. The molecule has 1 aliphatic rings. The number of piperidine rings is 1. The Hall–Kier alpha value is -1.06. The van der Waals surface area contributed by atoms with Crippen LogP contribution in [0.1, 0.15) is 39.7 Å². The lowest BCUT2D eigenvalue weighted by molar-refractivity contribution is 0.103. The fraction of sp³-hybridized carbons (Fsp3) is 0.647. The Morgan fingerprint density at radius 1 is 1.25 bits per heavy atom. The first-order valence-electron chi connectivity index (χ1n) is 7.62. The molecule has 0 aromatic heterocycles. The minimum absolute atomic E-state index is 0.145. The number of anilines is 1. The number of rotatable bonds is 3. The second-order valence-electron chi connectivity index (χ2n) is 7.05. The van der Waals surface area contributed by atoms with E-state index in [1.807, 2.05) is 0 Å². The van der Waals surface area contributed by atoms with Crippen molar-refractivity contribution in [1.29, 1.82) is 0 Å². The van der Waals surface area contributed by atoms with Gasteiger partial charge in [-0.3, -0.25) is 0 Å². The molecule has 0 aliphatic carbocycles. The number of hydrogen-bond acceptors (Lipinski definition) is 3. The Balaban J connectivity index is 1.94. The minimum Gasteiger partial charge on any atom is -0.391 e. The van der Waals surface area contributed by atoms with Crippen LogP contribution in [0.3, 0.4) is 0 Å². The quantitative estimate of drug-likeness (QED) is 0.891. The average molecular weight is 276 g/mol. The molecule has 3 nitrogen and oxygen atoms in total.